The molecule has 1 aromatic carbocycles. The number of aliphatic hydroxyl groups is 1. The highest BCUT2D eigenvalue weighted by atomic mass is 32.1. The van der Waals surface area contributed by atoms with Crippen LogP contribution in [0.4, 0.5) is 17.6 Å². The molecule has 0 aliphatic heterocycles. The predicted molar refractivity (Wildman–Crippen MR) is 69.1 cm³/mol. The smallest absolute Gasteiger partial charge is 0.380 e. The maximum atomic E-state index is 13.6. The molecule has 0 aliphatic carbocycles. The predicted octanol–water partition coefficient (Wildman–Crippen LogP) is 4.47. The van der Waals surface area contributed by atoms with Crippen LogP contribution in [0.1, 0.15) is 28.5 Å². The van der Waals surface area contributed by atoms with Gasteiger partial charge in [0.15, 0.2) is 0 Å². The summed E-state index contributed by atoms with van der Waals surface area (Å²) in [5, 5.41) is 12.3. The van der Waals surface area contributed by atoms with E-state index in [0.29, 0.717) is 10.9 Å². The maximum Gasteiger partial charge on any atom is 0.419 e. The second kappa shape index (κ2) is 4.86. The van der Waals surface area contributed by atoms with E-state index < -0.39 is 23.2 Å². The van der Waals surface area contributed by atoms with Crippen LogP contribution in [0.25, 0.3) is 0 Å². The van der Waals surface area contributed by atoms with Crippen LogP contribution in [-0.2, 0) is 11.8 Å². The summed E-state index contributed by atoms with van der Waals surface area (Å²) in [6.45, 7) is 3.22. The Morgan fingerprint density at radius 2 is 1.80 bits per heavy atom. The third kappa shape index (κ3) is 2.58. The summed E-state index contributed by atoms with van der Waals surface area (Å²) >= 11 is 1.27. The normalized spacial score (nSPS) is 15.2. The van der Waals surface area contributed by atoms with Gasteiger partial charge < -0.3 is 5.11 Å². The van der Waals surface area contributed by atoms with E-state index in [1.165, 1.54) is 18.3 Å². The quantitative estimate of drug-likeness (QED) is 0.812. The van der Waals surface area contributed by atoms with Crippen LogP contribution in [0.5, 0.6) is 0 Å². The zero-order valence-corrected chi connectivity index (χ0v) is 11.6. The summed E-state index contributed by atoms with van der Waals surface area (Å²) in [6.07, 6.45) is -4.74. The first-order chi connectivity index (χ1) is 9.14. The largest absolute Gasteiger partial charge is 0.419 e. The standard InChI is InChI=1S/C14H12F4OS/c1-8-5-6-20-12(8)13(2,19)9-3-4-10(11(15)7-9)14(16,17)18/h3-7,19H,1-2H3. The molecule has 0 bridgehead atoms. The third-order valence-electron chi connectivity index (χ3n) is 3.14. The van der Waals surface area contributed by atoms with Crippen molar-refractivity contribution in [2.45, 2.75) is 25.6 Å². The minimum Gasteiger partial charge on any atom is -0.380 e. The van der Waals surface area contributed by atoms with Gasteiger partial charge in [-0.15, -0.1) is 11.3 Å². The van der Waals surface area contributed by atoms with E-state index in [0.717, 1.165) is 17.7 Å². The van der Waals surface area contributed by atoms with E-state index in [4.69, 9.17) is 0 Å². The Bertz CT molecular complexity index is 628. The topological polar surface area (TPSA) is 20.2 Å². The van der Waals surface area contributed by atoms with Crippen LogP contribution in [0, 0.1) is 12.7 Å². The van der Waals surface area contributed by atoms with Gasteiger partial charge in [0.25, 0.3) is 0 Å². The molecular formula is C14H12F4OS. The lowest BCUT2D eigenvalue weighted by Crippen LogP contribution is -2.23. The minimum absolute atomic E-state index is 0.0913. The van der Waals surface area contributed by atoms with E-state index in [-0.39, 0.29) is 5.56 Å². The van der Waals surface area contributed by atoms with Crippen molar-refractivity contribution in [3.63, 3.8) is 0 Å². The van der Waals surface area contributed by atoms with Crippen molar-refractivity contribution in [1.82, 2.24) is 0 Å². The molecule has 1 unspecified atom stereocenters. The lowest BCUT2D eigenvalue weighted by molar-refractivity contribution is -0.140. The van der Waals surface area contributed by atoms with Crippen molar-refractivity contribution in [2.24, 2.45) is 0 Å². The van der Waals surface area contributed by atoms with Crippen molar-refractivity contribution in [3.05, 3.63) is 57.0 Å². The summed E-state index contributed by atoms with van der Waals surface area (Å²) in [5.41, 5.74) is -1.96. The highest BCUT2D eigenvalue weighted by molar-refractivity contribution is 7.10. The van der Waals surface area contributed by atoms with Crippen LogP contribution in [0.15, 0.2) is 29.6 Å². The second-order valence-electron chi connectivity index (χ2n) is 4.70. The Labute approximate surface area is 117 Å². The first-order valence-electron chi connectivity index (χ1n) is 5.78. The SMILES string of the molecule is Cc1ccsc1C(C)(O)c1ccc(C(F)(F)F)c(F)c1. The lowest BCUT2D eigenvalue weighted by atomic mass is 9.91. The molecule has 1 N–H and O–H groups in total. The van der Waals surface area contributed by atoms with E-state index in [1.807, 2.05) is 0 Å². The molecular weight excluding hydrogens is 292 g/mol. The molecule has 0 aliphatic rings. The van der Waals surface area contributed by atoms with Gasteiger partial charge in [0.05, 0.1) is 5.56 Å². The molecule has 108 valence electrons. The molecule has 2 aromatic rings. The Hall–Kier alpha value is -1.40. The van der Waals surface area contributed by atoms with Gasteiger partial charge >= 0.3 is 6.18 Å². The average molecular weight is 304 g/mol. The molecule has 1 heterocycles. The van der Waals surface area contributed by atoms with Crippen molar-refractivity contribution >= 4 is 11.3 Å². The number of rotatable bonds is 2. The van der Waals surface area contributed by atoms with Crippen molar-refractivity contribution < 1.29 is 22.7 Å². The van der Waals surface area contributed by atoms with Gasteiger partial charge in [-0.05, 0) is 48.6 Å². The second-order valence-corrected chi connectivity index (χ2v) is 5.61. The maximum absolute atomic E-state index is 13.6. The zero-order valence-electron chi connectivity index (χ0n) is 10.8. The van der Waals surface area contributed by atoms with Gasteiger partial charge in [-0.3, -0.25) is 0 Å². The first kappa shape index (κ1) is 15.0. The average Bonchev–Trinajstić information content (AvgIpc) is 2.74. The van der Waals surface area contributed by atoms with E-state index in [2.05, 4.69) is 0 Å². The van der Waals surface area contributed by atoms with Crippen LogP contribution in [-0.4, -0.2) is 5.11 Å². The number of benzene rings is 1. The molecule has 0 saturated carbocycles. The van der Waals surface area contributed by atoms with Crippen LogP contribution < -0.4 is 0 Å². The number of thiophene rings is 1. The van der Waals surface area contributed by atoms with Crippen LogP contribution in [0.3, 0.4) is 0 Å². The molecule has 0 spiro atoms. The van der Waals surface area contributed by atoms with Gasteiger partial charge in [0, 0.05) is 4.88 Å². The Morgan fingerprint density at radius 1 is 1.15 bits per heavy atom. The van der Waals surface area contributed by atoms with Crippen molar-refractivity contribution in [1.29, 1.82) is 0 Å². The molecule has 1 aromatic heterocycles. The van der Waals surface area contributed by atoms with Crippen molar-refractivity contribution in [2.75, 3.05) is 0 Å². The summed E-state index contributed by atoms with van der Waals surface area (Å²) in [4.78, 5) is 0.580. The molecule has 0 fully saturated rings. The Balaban J connectivity index is 2.49. The summed E-state index contributed by atoms with van der Waals surface area (Å²) in [5.74, 6) is -1.38. The van der Waals surface area contributed by atoms with Gasteiger partial charge in [0.2, 0.25) is 0 Å². The van der Waals surface area contributed by atoms with Crippen LogP contribution in [0.2, 0.25) is 0 Å². The molecule has 20 heavy (non-hydrogen) atoms. The summed E-state index contributed by atoms with van der Waals surface area (Å²) < 4.78 is 51.1. The number of halogens is 4. The fourth-order valence-corrected chi connectivity index (χ4v) is 3.06. The van der Waals surface area contributed by atoms with E-state index in [9.17, 15) is 22.7 Å². The number of alkyl halides is 3. The Morgan fingerprint density at radius 3 is 2.25 bits per heavy atom. The number of hydrogen-bond donors (Lipinski definition) is 1. The fraction of sp³-hybridized carbons (Fsp3) is 0.286. The van der Waals surface area contributed by atoms with Gasteiger partial charge in [-0.2, -0.15) is 13.2 Å². The molecule has 6 heteroatoms. The summed E-state index contributed by atoms with van der Waals surface area (Å²) in [6, 6.07) is 4.28. The molecule has 2 rings (SSSR count). The highest BCUT2D eigenvalue weighted by Crippen LogP contribution is 2.38. The minimum atomic E-state index is -4.74. The highest BCUT2D eigenvalue weighted by Gasteiger charge is 2.36. The molecule has 1 nitrogen and oxygen atoms in total. The zero-order chi connectivity index (χ0) is 15.1. The fourth-order valence-electron chi connectivity index (χ4n) is 2.05. The molecule has 0 saturated heterocycles. The number of aryl methyl sites for hydroxylation is 1. The van der Waals surface area contributed by atoms with Gasteiger partial charge in [-0.25, -0.2) is 4.39 Å². The molecule has 0 amide bonds. The third-order valence-corrected chi connectivity index (χ3v) is 4.37. The van der Waals surface area contributed by atoms with E-state index >= 15 is 0 Å². The summed E-state index contributed by atoms with van der Waals surface area (Å²) in [7, 11) is 0. The van der Waals surface area contributed by atoms with Crippen LogP contribution >= 0.6 is 11.3 Å². The Kier molecular flexibility index (Phi) is 3.64. The van der Waals surface area contributed by atoms with Gasteiger partial charge in [-0.1, -0.05) is 6.07 Å². The van der Waals surface area contributed by atoms with E-state index in [1.54, 1.807) is 18.4 Å². The molecule has 0 radical (unpaired) electrons. The monoisotopic (exact) mass is 304 g/mol. The number of hydrogen-bond acceptors (Lipinski definition) is 2. The lowest BCUT2D eigenvalue weighted by Gasteiger charge is -2.24. The van der Waals surface area contributed by atoms with Gasteiger partial charge in [0.1, 0.15) is 11.4 Å². The van der Waals surface area contributed by atoms with Crippen molar-refractivity contribution in [3.8, 4) is 0 Å². The molecule has 1 atom stereocenters. The first-order valence-corrected chi connectivity index (χ1v) is 6.66.